The zero-order valence-electron chi connectivity index (χ0n) is 9.63. The first-order chi connectivity index (χ1) is 8.24. The molecule has 1 heterocycles. The minimum atomic E-state index is -0.673. The molecular formula is C12H17N3O2. The fraction of sp³-hybridized carbons (Fsp3) is 0.500. The minimum absolute atomic E-state index is 0.0144. The van der Waals surface area contributed by atoms with Crippen LogP contribution in [0.2, 0.25) is 0 Å². The predicted octanol–water partition coefficient (Wildman–Crippen LogP) is 1.90. The molecule has 1 aliphatic carbocycles. The number of nitrogens with one attached hydrogen (secondary N) is 1. The van der Waals surface area contributed by atoms with Gasteiger partial charge >= 0.3 is 6.09 Å². The third kappa shape index (κ3) is 3.62. The summed E-state index contributed by atoms with van der Waals surface area (Å²) in [7, 11) is 0. The summed E-state index contributed by atoms with van der Waals surface area (Å²) in [6, 6.07) is 4.33. The van der Waals surface area contributed by atoms with Crippen LogP contribution in [-0.2, 0) is 4.74 Å². The largest absolute Gasteiger partial charge is 0.446 e. The molecule has 1 aliphatic rings. The lowest BCUT2D eigenvalue weighted by molar-refractivity contribution is 0.0806. The van der Waals surface area contributed by atoms with Gasteiger partial charge in [0.25, 0.3) is 0 Å². The molecule has 92 valence electrons. The maximum atomic E-state index is 10.6. The van der Waals surface area contributed by atoms with Crippen LogP contribution in [0.5, 0.6) is 0 Å². The van der Waals surface area contributed by atoms with E-state index in [1.54, 1.807) is 6.20 Å². The molecule has 0 bridgehead atoms. The van der Waals surface area contributed by atoms with Crippen molar-refractivity contribution >= 4 is 11.8 Å². The predicted molar refractivity (Wildman–Crippen MR) is 64.6 cm³/mol. The molecule has 1 amide bonds. The third-order valence-corrected chi connectivity index (χ3v) is 2.99. The smallest absolute Gasteiger partial charge is 0.404 e. The number of primary amides is 1. The molecule has 1 fully saturated rings. The highest BCUT2D eigenvalue weighted by Gasteiger charge is 2.23. The molecule has 5 nitrogen and oxygen atoms in total. The summed E-state index contributed by atoms with van der Waals surface area (Å²) in [5.41, 5.74) is 6.03. The van der Waals surface area contributed by atoms with Crippen LogP contribution >= 0.6 is 0 Å². The molecule has 0 aromatic carbocycles. The maximum Gasteiger partial charge on any atom is 0.404 e. The fourth-order valence-corrected chi connectivity index (χ4v) is 2.17. The summed E-state index contributed by atoms with van der Waals surface area (Å²) in [6.07, 6.45) is 6.56. The molecule has 0 spiro atoms. The molecule has 1 saturated carbocycles. The van der Waals surface area contributed by atoms with E-state index in [9.17, 15) is 4.79 Å². The first-order valence-electron chi connectivity index (χ1n) is 5.86. The van der Waals surface area contributed by atoms with Crippen LogP contribution in [0.1, 0.15) is 25.7 Å². The Labute approximate surface area is 100 Å². The van der Waals surface area contributed by atoms with E-state index >= 15 is 0 Å². The van der Waals surface area contributed by atoms with Crippen molar-refractivity contribution in [3.63, 3.8) is 0 Å². The number of aromatic nitrogens is 1. The van der Waals surface area contributed by atoms with Gasteiger partial charge in [-0.1, -0.05) is 0 Å². The molecule has 17 heavy (non-hydrogen) atoms. The number of amides is 1. The molecule has 5 heteroatoms. The summed E-state index contributed by atoms with van der Waals surface area (Å²) in [5.74, 6) is 0. The number of hydrogen-bond acceptors (Lipinski definition) is 4. The van der Waals surface area contributed by atoms with Gasteiger partial charge in [-0.15, -0.1) is 0 Å². The molecule has 0 radical (unpaired) electrons. The number of carbonyl (C=O) groups excluding carboxylic acids is 1. The van der Waals surface area contributed by atoms with Crippen molar-refractivity contribution in [2.75, 3.05) is 5.32 Å². The van der Waals surface area contributed by atoms with Gasteiger partial charge in [0.2, 0.25) is 0 Å². The van der Waals surface area contributed by atoms with Gasteiger partial charge in [0.1, 0.15) is 6.10 Å². The number of ether oxygens (including phenoxy) is 1. The Balaban J connectivity index is 1.78. The number of rotatable bonds is 3. The summed E-state index contributed by atoms with van der Waals surface area (Å²) in [4.78, 5) is 14.7. The Morgan fingerprint density at radius 1 is 1.41 bits per heavy atom. The van der Waals surface area contributed by atoms with E-state index in [2.05, 4.69) is 10.3 Å². The standard InChI is InChI=1S/C12H17N3O2/c13-12(16)17-11-5-3-9(4-6-11)15-10-2-1-7-14-8-10/h1-2,7-9,11,15H,3-6H2,(H2,13,16). The van der Waals surface area contributed by atoms with Gasteiger partial charge in [-0.2, -0.15) is 0 Å². The summed E-state index contributed by atoms with van der Waals surface area (Å²) < 4.78 is 4.99. The van der Waals surface area contributed by atoms with Crippen molar-refractivity contribution < 1.29 is 9.53 Å². The number of hydrogen-bond donors (Lipinski definition) is 2. The van der Waals surface area contributed by atoms with Crippen molar-refractivity contribution in [3.8, 4) is 0 Å². The first kappa shape index (κ1) is 11.7. The number of pyridine rings is 1. The number of nitrogens with zero attached hydrogens (tertiary/aromatic N) is 1. The molecular weight excluding hydrogens is 218 g/mol. The summed E-state index contributed by atoms with van der Waals surface area (Å²) in [6.45, 7) is 0. The number of anilines is 1. The van der Waals surface area contributed by atoms with Gasteiger partial charge < -0.3 is 15.8 Å². The highest BCUT2D eigenvalue weighted by Crippen LogP contribution is 2.23. The average Bonchev–Trinajstić information content (AvgIpc) is 2.32. The Bertz CT molecular complexity index is 361. The summed E-state index contributed by atoms with van der Waals surface area (Å²) in [5, 5.41) is 3.42. The van der Waals surface area contributed by atoms with Gasteiger partial charge in [0.15, 0.2) is 0 Å². The molecule has 0 atom stereocenters. The lowest BCUT2D eigenvalue weighted by atomic mass is 9.93. The average molecular weight is 235 g/mol. The topological polar surface area (TPSA) is 77.2 Å². The quantitative estimate of drug-likeness (QED) is 0.838. The van der Waals surface area contributed by atoms with Crippen LogP contribution in [0.15, 0.2) is 24.5 Å². The van der Waals surface area contributed by atoms with E-state index in [0.717, 1.165) is 31.4 Å². The monoisotopic (exact) mass is 235 g/mol. The highest BCUT2D eigenvalue weighted by molar-refractivity contribution is 5.64. The zero-order valence-corrected chi connectivity index (χ0v) is 9.63. The van der Waals surface area contributed by atoms with E-state index in [4.69, 9.17) is 10.5 Å². The second-order valence-electron chi connectivity index (χ2n) is 4.30. The van der Waals surface area contributed by atoms with Crippen molar-refractivity contribution in [2.45, 2.75) is 37.8 Å². The van der Waals surface area contributed by atoms with Crippen LogP contribution in [0.4, 0.5) is 10.5 Å². The molecule has 1 aromatic heterocycles. The normalized spacial score (nSPS) is 24.0. The van der Waals surface area contributed by atoms with Gasteiger partial charge in [-0.05, 0) is 37.8 Å². The van der Waals surface area contributed by atoms with Crippen LogP contribution < -0.4 is 11.1 Å². The van der Waals surface area contributed by atoms with Crippen molar-refractivity contribution in [3.05, 3.63) is 24.5 Å². The van der Waals surface area contributed by atoms with Crippen molar-refractivity contribution in [1.82, 2.24) is 4.98 Å². The first-order valence-corrected chi connectivity index (χ1v) is 5.86. The van der Waals surface area contributed by atoms with E-state index in [0.29, 0.717) is 6.04 Å². The van der Waals surface area contributed by atoms with Crippen molar-refractivity contribution in [1.29, 1.82) is 0 Å². The van der Waals surface area contributed by atoms with Crippen molar-refractivity contribution in [2.24, 2.45) is 5.73 Å². The maximum absolute atomic E-state index is 10.6. The number of nitrogens with two attached hydrogens (primary N) is 1. The minimum Gasteiger partial charge on any atom is -0.446 e. The third-order valence-electron chi connectivity index (χ3n) is 2.99. The lowest BCUT2D eigenvalue weighted by Crippen LogP contribution is -2.32. The lowest BCUT2D eigenvalue weighted by Gasteiger charge is -2.28. The highest BCUT2D eigenvalue weighted by atomic mass is 16.6. The van der Waals surface area contributed by atoms with E-state index in [1.165, 1.54) is 0 Å². The summed E-state index contributed by atoms with van der Waals surface area (Å²) >= 11 is 0. The Morgan fingerprint density at radius 3 is 2.76 bits per heavy atom. The molecule has 0 aliphatic heterocycles. The Hall–Kier alpha value is -1.78. The van der Waals surface area contributed by atoms with Gasteiger partial charge in [0, 0.05) is 18.4 Å². The molecule has 2 rings (SSSR count). The van der Waals surface area contributed by atoms with E-state index in [1.807, 2.05) is 18.3 Å². The van der Waals surface area contributed by atoms with Gasteiger partial charge in [-0.25, -0.2) is 4.79 Å². The fourth-order valence-electron chi connectivity index (χ4n) is 2.17. The second-order valence-corrected chi connectivity index (χ2v) is 4.30. The second kappa shape index (κ2) is 5.52. The van der Waals surface area contributed by atoms with Gasteiger partial charge in [-0.3, -0.25) is 4.98 Å². The van der Waals surface area contributed by atoms with Crippen LogP contribution in [-0.4, -0.2) is 23.2 Å². The van der Waals surface area contributed by atoms with Gasteiger partial charge in [0.05, 0.1) is 5.69 Å². The van der Waals surface area contributed by atoms with E-state index in [-0.39, 0.29) is 6.10 Å². The molecule has 0 saturated heterocycles. The van der Waals surface area contributed by atoms with E-state index < -0.39 is 6.09 Å². The van der Waals surface area contributed by atoms with Crippen LogP contribution in [0.25, 0.3) is 0 Å². The van der Waals surface area contributed by atoms with Crippen LogP contribution in [0.3, 0.4) is 0 Å². The zero-order chi connectivity index (χ0) is 12.1. The Kier molecular flexibility index (Phi) is 3.80. The molecule has 1 aromatic rings. The Morgan fingerprint density at radius 2 is 2.18 bits per heavy atom. The van der Waals surface area contributed by atoms with Crippen LogP contribution in [0, 0.1) is 0 Å². The molecule has 3 N–H and O–H groups in total. The number of carbonyl (C=O) groups is 1. The molecule has 0 unspecified atom stereocenters. The SMILES string of the molecule is NC(=O)OC1CCC(Nc2cccnc2)CC1.